The quantitative estimate of drug-likeness (QED) is 0.755. The lowest BCUT2D eigenvalue weighted by molar-refractivity contribution is 1.14. The predicted molar refractivity (Wildman–Crippen MR) is 82.9 cm³/mol. The fourth-order valence-electron chi connectivity index (χ4n) is 2.33. The van der Waals surface area contributed by atoms with Crippen LogP contribution < -0.4 is 5.32 Å². The maximum absolute atomic E-state index is 4.16. The molecular formula is C16H16N2S. The second-order valence-electron chi connectivity index (χ2n) is 4.69. The molecule has 0 amide bonds. The van der Waals surface area contributed by atoms with E-state index >= 15 is 0 Å². The maximum Gasteiger partial charge on any atom is 0.0423 e. The minimum Gasteiger partial charge on any atom is -0.380 e. The van der Waals surface area contributed by atoms with Crippen LogP contribution >= 0.6 is 11.3 Å². The highest BCUT2D eigenvalue weighted by atomic mass is 32.1. The van der Waals surface area contributed by atoms with Crippen LogP contribution in [0.1, 0.15) is 15.3 Å². The number of thiophene rings is 1. The number of aromatic nitrogens is 1. The first kappa shape index (κ1) is 12.2. The van der Waals surface area contributed by atoms with Crippen molar-refractivity contribution < 1.29 is 0 Å². The average Bonchev–Trinajstić information content (AvgIpc) is 2.74. The molecule has 3 rings (SSSR count). The van der Waals surface area contributed by atoms with Crippen LogP contribution in [0.5, 0.6) is 0 Å². The van der Waals surface area contributed by atoms with Crippen LogP contribution in [-0.2, 0) is 6.54 Å². The normalized spacial score (nSPS) is 10.8. The summed E-state index contributed by atoms with van der Waals surface area (Å²) in [5.74, 6) is 0. The minimum absolute atomic E-state index is 0.873. The molecule has 0 aliphatic carbocycles. The Morgan fingerprint density at radius 1 is 1.21 bits per heavy atom. The van der Waals surface area contributed by atoms with Gasteiger partial charge in [-0.15, -0.1) is 11.3 Å². The number of hydrogen-bond acceptors (Lipinski definition) is 3. The minimum atomic E-state index is 0.873. The molecule has 0 spiro atoms. The highest BCUT2D eigenvalue weighted by Crippen LogP contribution is 2.25. The van der Waals surface area contributed by atoms with Gasteiger partial charge in [0, 0.05) is 45.2 Å². The van der Waals surface area contributed by atoms with Gasteiger partial charge in [-0.05, 0) is 37.6 Å². The van der Waals surface area contributed by atoms with Gasteiger partial charge in [-0.3, -0.25) is 4.98 Å². The van der Waals surface area contributed by atoms with Crippen LogP contribution in [-0.4, -0.2) is 4.98 Å². The number of nitrogens with one attached hydrogen (secondary N) is 1. The Kier molecular flexibility index (Phi) is 3.22. The third-order valence-electron chi connectivity index (χ3n) is 3.29. The first-order valence-electron chi connectivity index (χ1n) is 6.36. The topological polar surface area (TPSA) is 24.9 Å². The smallest absolute Gasteiger partial charge is 0.0423 e. The summed E-state index contributed by atoms with van der Waals surface area (Å²) in [5.41, 5.74) is 2.55. The van der Waals surface area contributed by atoms with E-state index in [2.05, 4.69) is 54.5 Å². The lowest BCUT2D eigenvalue weighted by Crippen LogP contribution is -2.00. The van der Waals surface area contributed by atoms with Gasteiger partial charge in [0.15, 0.2) is 0 Å². The number of fused-ring (bicyclic) bond motifs is 1. The van der Waals surface area contributed by atoms with Crippen molar-refractivity contribution in [3.63, 3.8) is 0 Å². The number of rotatable bonds is 3. The molecule has 3 heteroatoms. The molecule has 0 aliphatic rings. The molecule has 0 radical (unpaired) electrons. The highest BCUT2D eigenvalue weighted by molar-refractivity contribution is 7.12. The van der Waals surface area contributed by atoms with Crippen molar-refractivity contribution in [1.29, 1.82) is 0 Å². The summed E-state index contributed by atoms with van der Waals surface area (Å²) in [5, 5.41) is 5.93. The van der Waals surface area contributed by atoms with E-state index in [1.54, 1.807) is 0 Å². The number of hydrogen-bond donors (Lipinski definition) is 1. The van der Waals surface area contributed by atoms with Gasteiger partial charge in [0.2, 0.25) is 0 Å². The summed E-state index contributed by atoms with van der Waals surface area (Å²) >= 11 is 1.86. The van der Waals surface area contributed by atoms with Crippen molar-refractivity contribution in [2.24, 2.45) is 0 Å². The Morgan fingerprint density at radius 3 is 2.89 bits per heavy atom. The third kappa shape index (κ3) is 2.47. The van der Waals surface area contributed by atoms with Crippen LogP contribution in [0.25, 0.3) is 10.8 Å². The van der Waals surface area contributed by atoms with Gasteiger partial charge in [-0.2, -0.15) is 0 Å². The van der Waals surface area contributed by atoms with Gasteiger partial charge in [0.1, 0.15) is 0 Å². The molecule has 19 heavy (non-hydrogen) atoms. The predicted octanol–water partition coefficient (Wildman–Crippen LogP) is 4.53. The number of aryl methyl sites for hydroxylation is 2. The van der Waals surface area contributed by atoms with Crippen LogP contribution in [0.4, 0.5) is 5.69 Å². The fraction of sp³-hybridized carbons (Fsp3) is 0.188. The van der Waals surface area contributed by atoms with E-state index in [0.29, 0.717) is 0 Å². The maximum atomic E-state index is 4.16. The van der Waals surface area contributed by atoms with Gasteiger partial charge in [0.25, 0.3) is 0 Å². The number of nitrogens with zero attached hydrogens (tertiary/aromatic N) is 1. The molecule has 0 bridgehead atoms. The van der Waals surface area contributed by atoms with Crippen molar-refractivity contribution in [3.05, 3.63) is 58.0 Å². The second kappa shape index (κ2) is 5.02. The Labute approximate surface area is 117 Å². The molecule has 0 aliphatic heterocycles. The van der Waals surface area contributed by atoms with E-state index in [1.807, 2.05) is 23.7 Å². The molecular weight excluding hydrogens is 252 g/mol. The fourth-order valence-corrected chi connectivity index (χ4v) is 3.27. The van der Waals surface area contributed by atoms with E-state index in [-0.39, 0.29) is 0 Å². The average molecular weight is 268 g/mol. The highest BCUT2D eigenvalue weighted by Gasteiger charge is 2.04. The number of pyridine rings is 1. The van der Waals surface area contributed by atoms with Gasteiger partial charge in [-0.25, -0.2) is 0 Å². The molecule has 1 N–H and O–H groups in total. The van der Waals surface area contributed by atoms with Crippen LogP contribution in [0.2, 0.25) is 0 Å². The number of anilines is 1. The van der Waals surface area contributed by atoms with Gasteiger partial charge >= 0.3 is 0 Å². The summed E-state index contributed by atoms with van der Waals surface area (Å²) in [7, 11) is 0. The van der Waals surface area contributed by atoms with E-state index in [0.717, 1.165) is 6.54 Å². The molecule has 2 heterocycles. The molecule has 1 aromatic carbocycles. The lowest BCUT2D eigenvalue weighted by Gasteiger charge is -2.09. The molecule has 0 unspecified atom stereocenters. The van der Waals surface area contributed by atoms with Gasteiger partial charge in [0.05, 0.1) is 0 Å². The van der Waals surface area contributed by atoms with Crippen molar-refractivity contribution in [2.45, 2.75) is 20.4 Å². The van der Waals surface area contributed by atoms with Crippen LogP contribution in [0.15, 0.2) is 42.7 Å². The molecule has 2 nitrogen and oxygen atoms in total. The molecule has 0 fully saturated rings. The third-order valence-corrected chi connectivity index (χ3v) is 4.30. The first-order chi connectivity index (χ1) is 9.24. The number of benzene rings is 1. The zero-order valence-electron chi connectivity index (χ0n) is 11.1. The summed E-state index contributed by atoms with van der Waals surface area (Å²) in [6.07, 6.45) is 3.74. The van der Waals surface area contributed by atoms with Crippen LogP contribution in [0, 0.1) is 13.8 Å². The van der Waals surface area contributed by atoms with Crippen molar-refractivity contribution in [3.8, 4) is 0 Å². The van der Waals surface area contributed by atoms with Gasteiger partial charge < -0.3 is 5.32 Å². The zero-order chi connectivity index (χ0) is 13.2. The molecule has 2 aromatic heterocycles. The molecule has 3 aromatic rings. The molecule has 0 saturated carbocycles. The summed E-state index contributed by atoms with van der Waals surface area (Å²) in [4.78, 5) is 6.93. The van der Waals surface area contributed by atoms with E-state index in [4.69, 9.17) is 0 Å². The Hall–Kier alpha value is -1.87. The summed E-state index contributed by atoms with van der Waals surface area (Å²) in [6.45, 7) is 5.21. The Morgan fingerprint density at radius 2 is 2.11 bits per heavy atom. The van der Waals surface area contributed by atoms with Crippen molar-refractivity contribution in [2.75, 3.05) is 5.32 Å². The van der Waals surface area contributed by atoms with E-state index in [1.165, 1.54) is 31.8 Å². The van der Waals surface area contributed by atoms with Crippen LogP contribution in [0.3, 0.4) is 0 Å². The van der Waals surface area contributed by atoms with Crippen molar-refractivity contribution >= 4 is 27.8 Å². The Bertz CT molecular complexity index is 710. The van der Waals surface area contributed by atoms with Crippen molar-refractivity contribution in [1.82, 2.24) is 4.98 Å². The van der Waals surface area contributed by atoms with E-state index < -0.39 is 0 Å². The largest absolute Gasteiger partial charge is 0.380 e. The summed E-state index contributed by atoms with van der Waals surface area (Å²) < 4.78 is 0. The first-order valence-corrected chi connectivity index (χ1v) is 7.18. The monoisotopic (exact) mass is 268 g/mol. The Balaban J connectivity index is 1.88. The standard InChI is InChI=1S/C16H16N2S/c1-11-8-14(12(2)19-11)10-18-16-5-3-4-13-9-17-7-6-15(13)16/h3-9,18H,10H2,1-2H3. The zero-order valence-corrected chi connectivity index (χ0v) is 11.9. The lowest BCUT2D eigenvalue weighted by atomic mass is 10.1. The SMILES string of the molecule is Cc1cc(CNc2cccc3cnccc23)c(C)s1. The molecule has 96 valence electrons. The molecule has 0 atom stereocenters. The molecule has 0 saturated heterocycles. The van der Waals surface area contributed by atoms with E-state index in [9.17, 15) is 0 Å². The summed E-state index contributed by atoms with van der Waals surface area (Å²) in [6, 6.07) is 10.6. The second-order valence-corrected chi connectivity index (χ2v) is 6.15. The van der Waals surface area contributed by atoms with Gasteiger partial charge in [-0.1, -0.05) is 12.1 Å².